The first-order valence-electron chi connectivity index (χ1n) is 50.7. The largest absolute Gasteiger partial charge is 0.371 e. The zero-order valence-corrected chi connectivity index (χ0v) is 80.8. The third kappa shape index (κ3) is 24.7. The standard InChI is InChI=1S/C30H42N6O.C29H38N4.C28H38FN5.C27H26N4/c1-22(2)35-17-15-34(16-18-35)14-11-32-26-9-12-36(13-10-26)27-6-4-5-23(20-27)29-21-25-19-24(30(37)31-3)7-8-28(25)33-29;1-31-15-17-32(18-16-31)22-29(11-12-29)30-27-9-13-33(14-10-27)28-8-4-7-25(21-28)26-19-23-5-2-3-6-24(23)20-26;1-21(2)33-17-15-32(16-18-33)14-11-30-23-9-12-34(13-10-23)24-7-8-26(29)25(20-24)28-19-22-5-3-4-6-27(22)31-28;28-18-21-9-10-26-23(15-21)17-27(30-26)22-7-4-8-25(16-22)31-13-11-24(12-14-31)29-19-20-5-2-1-3-6-20/h4-8,19-22,26,32-33H,9-18H2,1-3H3,(H,31,37);2-8,19,21,27,30H,9-18,20,22H2,1H3;3-8,19-21,23,30-31H,9-18H2,1-2H3;1-10,15-17,24,29-30H,11-14,19H2. The summed E-state index contributed by atoms with van der Waals surface area (Å²) in [4.78, 5) is 47.9. The highest BCUT2D eigenvalue weighted by molar-refractivity contribution is 5.99. The maximum atomic E-state index is 14.7. The van der Waals surface area contributed by atoms with Gasteiger partial charge in [0.1, 0.15) is 5.82 Å². The summed E-state index contributed by atoms with van der Waals surface area (Å²) in [5.74, 6) is -0.241. The summed E-state index contributed by atoms with van der Waals surface area (Å²) in [7, 11) is 3.91. The monoisotopic (exact) mass is 1810 g/mol. The normalized spacial score (nSPS) is 18.8. The third-order valence-electron chi connectivity index (χ3n) is 30.3. The maximum absolute atomic E-state index is 14.7. The molecule has 21 heteroatoms. The van der Waals surface area contributed by atoms with Crippen molar-refractivity contribution in [2.75, 3.05) is 197 Å². The molecule has 8 N–H and O–H groups in total. The number of carbonyl (C=O) groups is 1. The van der Waals surface area contributed by atoms with E-state index in [0.717, 1.165) is 173 Å². The molecule has 21 rings (SSSR count). The van der Waals surface area contributed by atoms with E-state index >= 15 is 0 Å². The summed E-state index contributed by atoms with van der Waals surface area (Å²) in [6.45, 7) is 38.8. The molecule has 12 aromatic rings. The number of rotatable bonds is 26. The van der Waals surface area contributed by atoms with Crippen LogP contribution in [0.3, 0.4) is 0 Å². The summed E-state index contributed by atoms with van der Waals surface area (Å²) in [6.07, 6.45) is 15.6. The molecule has 708 valence electrons. The highest BCUT2D eigenvalue weighted by Crippen LogP contribution is 2.41. The molecule has 3 aromatic heterocycles. The second-order valence-corrected chi connectivity index (χ2v) is 40.1. The van der Waals surface area contributed by atoms with Gasteiger partial charge in [-0.15, -0.1) is 0 Å². The lowest BCUT2D eigenvalue weighted by Gasteiger charge is -2.39. The van der Waals surface area contributed by atoms with Crippen LogP contribution in [0.25, 0.3) is 78.1 Å². The van der Waals surface area contributed by atoms with Crippen molar-refractivity contribution in [1.82, 2.24) is 70.9 Å². The number of aromatic amines is 3. The predicted molar refractivity (Wildman–Crippen MR) is 559 cm³/mol. The van der Waals surface area contributed by atoms with Gasteiger partial charge < -0.3 is 66.0 Å². The van der Waals surface area contributed by atoms with E-state index in [2.05, 4.69) is 283 Å². The molecule has 0 atom stereocenters. The minimum atomic E-state index is -0.180. The number of benzene rings is 9. The number of anilines is 4. The predicted octanol–water partition coefficient (Wildman–Crippen LogP) is 17.9. The Balaban J connectivity index is 0.000000120. The Morgan fingerprint density at radius 2 is 0.919 bits per heavy atom. The summed E-state index contributed by atoms with van der Waals surface area (Å²) in [5.41, 5.74) is 23.0. The molecule has 7 saturated heterocycles. The molecule has 0 spiro atoms. The first-order chi connectivity index (χ1) is 66.0. The molecule has 2 aliphatic carbocycles. The number of hydrogen-bond acceptors (Lipinski definition) is 16. The lowest BCUT2D eigenvalue weighted by molar-refractivity contribution is 0.0963. The maximum Gasteiger partial charge on any atom is 0.251 e. The molecule has 135 heavy (non-hydrogen) atoms. The Labute approximate surface area is 801 Å². The SMILES string of the molecule is CC(C)N1CCN(CCNC2CCN(c3ccc(F)c(-c4cc5ccccc5[nH]4)c3)CC2)CC1.CN1CCN(CC2(NC3CCN(c4cccc(C5=Cc6ccccc6C5)c4)CC3)CC2)CC1.CNC(=O)c1ccc2[nH]c(-c3cccc(N4CCC(NCCN5CCN(C(C)C)CC5)CC4)c3)cc2c1.N#Cc1ccc2[nH]c(-c3cccc(N4CCC(NCc5ccccc5)CC4)c3)cc2c1. The molecule has 9 aromatic carbocycles. The molecule has 1 amide bonds. The third-order valence-corrected chi connectivity index (χ3v) is 30.3. The van der Waals surface area contributed by atoms with Crippen LogP contribution in [-0.4, -0.2) is 270 Å². The van der Waals surface area contributed by atoms with Crippen molar-refractivity contribution in [3.63, 3.8) is 0 Å². The lowest BCUT2D eigenvalue weighted by Crippen LogP contribution is -2.54. The summed E-state index contributed by atoms with van der Waals surface area (Å²) in [6, 6.07) is 83.7. The molecule has 7 aliphatic heterocycles. The Hall–Kier alpha value is -11.0. The van der Waals surface area contributed by atoms with Gasteiger partial charge in [-0.1, -0.05) is 115 Å². The van der Waals surface area contributed by atoms with E-state index in [1.165, 1.54) is 180 Å². The van der Waals surface area contributed by atoms with Gasteiger partial charge in [-0.05, 0) is 260 Å². The number of nitrogens with one attached hydrogen (secondary N) is 8. The Bertz CT molecular complexity index is 5890. The number of nitrogens with zero attached hydrogens (tertiary/aromatic N) is 11. The van der Waals surface area contributed by atoms with Crippen LogP contribution in [0.2, 0.25) is 0 Å². The molecule has 0 bridgehead atoms. The Morgan fingerprint density at radius 1 is 0.444 bits per heavy atom. The second-order valence-electron chi connectivity index (χ2n) is 40.1. The fraction of sp³-hybridized carbons (Fsp3) is 0.439. The number of H-pyrrole nitrogens is 3. The van der Waals surface area contributed by atoms with E-state index in [4.69, 9.17) is 5.26 Å². The number of allylic oxidation sites excluding steroid dienone is 1. The van der Waals surface area contributed by atoms with Crippen LogP contribution >= 0.6 is 0 Å². The quantitative estimate of drug-likeness (QED) is 0.0256. The van der Waals surface area contributed by atoms with E-state index in [0.29, 0.717) is 58.5 Å². The van der Waals surface area contributed by atoms with Gasteiger partial charge in [0, 0.05) is 303 Å². The molecular formula is C114H144FN19O. The number of halogens is 1. The zero-order chi connectivity index (χ0) is 92.6. The van der Waals surface area contributed by atoms with Crippen LogP contribution < -0.4 is 46.2 Å². The minimum absolute atomic E-state index is 0.0611. The van der Waals surface area contributed by atoms with E-state index < -0.39 is 0 Å². The molecular weight excluding hydrogens is 1670 g/mol. The van der Waals surface area contributed by atoms with E-state index in [1.807, 2.05) is 72.8 Å². The van der Waals surface area contributed by atoms with Crippen molar-refractivity contribution in [2.45, 2.75) is 147 Å². The van der Waals surface area contributed by atoms with Crippen LogP contribution in [0.15, 0.2) is 224 Å². The van der Waals surface area contributed by atoms with Crippen LogP contribution in [0.1, 0.15) is 130 Å². The number of amides is 1. The van der Waals surface area contributed by atoms with E-state index in [9.17, 15) is 9.18 Å². The molecule has 1 saturated carbocycles. The minimum Gasteiger partial charge on any atom is -0.371 e. The first-order valence-corrected chi connectivity index (χ1v) is 50.7. The van der Waals surface area contributed by atoms with Crippen LogP contribution in [0.4, 0.5) is 27.1 Å². The van der Waals surface area contributed by atoms with Gasteiger partial charge in [0.15, 0.2) is 0 Å². The number of nitriles is 1. The smallest absolute Gasteiger partial charge is 0.251 e. The highest BCUT2D eigenvalue weighted by atomic mass is 19.1. The molecule has 0 radical (unpaired) electrons. The topological polar surface area (TPSA) is 181 Å². The average molecular weight is 1820 g/mol. The van der Waals surface area contributed by atoms with Crippen LogP contribution in [-0.2, 0) is 13.0 Å². The van der Waals surface area contributed by atoms with Gasteiger partial charge in [-0.2, -0.15) is 5.26 Å². The number of piperazine rings is 3. The number of piperidine rings is 4. The van der Waals surface area contributed by atoms with Crippen molar-refractivity contribution in [3.05, 3.63) is 264 Å². The van der Waals surface area contributed by atoms with Crippen molar-refractivity contribution < 1.29 is 9.18 Å². The van der Waals surface area contributed by atoms with Crippen molar-refractivity contribution in [3.8, 4) is 39.8 Å². The Kier molecular flexibility index (Phi) is 31.4. The van der Waals surface area contributed by atoms with Gasteiger partial charge in [0.25, 0.3) is 5.91 Å². The Morgan fingerprint density at radius 3 is 1.46 bits per heavy atom. The lowest BCUT2D eigenvalue weighted by atomic mass is 10.00. The average Bonchev–Trinajstić information content (AvgIpc) is 1.64. The van der Waals surface area contributed by atoms with Gasteiger partial charge >= 0.3 is 0 Å². The van der Waals surface area contributed by atoms with E-state index in [-0.39, 0.29) is 11.7 Å². The number of para-hydroxylation sites is 1. The summed E-state index contributed by atoms with van der Waals surface area (Å²) >= 11 is 0. The van der Waals surface area contributed by atoms with Gasteiger partial charge in [0.2, 0.25) is 0 Å². The van der Waals surface area contributed by atoms with Crippen LogP contribution in [0.5, 0.6) is 0 Å². The molecule has 9 aliphatic rings. The number of fused-ring (bicyclic) bond motifs is 4. The molecule has 0 unspecified atom stereocenters. The van der Waals surface area contributed by atoms with E-state index in [1.54, 1.807) is 13.1 Å². The first kappa shape index (κ1) is 94.4. The number of likely N-dealkylation sites (N-methyl/N-ethyl adjacent to an activating group) is 1. The summed E-state index contributed by atoms with van der Waals surface area (Å²) < 4.78 is 14.7. The number of hydrogen-bond donors (Lipinski definition) is 8. The van der Waals surface area contributed by atoms with Crippen molar-refractivity contribution in [1.29, 1.82) is 5.26 Å². The summed E-state index contributed by atoms with van der Waals surface area (Å²) in [5, 5.41) is 30.5. The van der Waals surface area contributed by atoms with Gasteiger partial charge in [-0.3, -0.25) is 29.3 Å². The van der Waals surface area contributed by atoms with Gasteiger partial charge in [0.05, 0.1) is 11.6 Å². The number of carbonyl (C=O) groups excluding carboxylic acids is 1. The fourth-order valence-electron chi connectivity index (χ4n) is 21.6. The second kappa shape index (κ2) is 44.9. The highest BCUT2D eigenvalue weighted by Gasteiger charge is 2.46. The molecule has 20 nitrogen and oxygen atoms in total. The number of aromatic nitrogens is 3. The van der Waals surface area contributed by atoms with Crippen molar-refractivity contribution in [2.24, 2.45) is 0 Å². The van der Waals surface area contributed by atoms with Crippen molar-refractivity contribution >= 4 is 73.0 Å². The van der Waals surface area contributed by atoms with Crippen LogP contribution in [0, 0.1) is 17.1 Å². The van der Waals surface area contributed by atoms with Gasteiger partial charge in [-0.25, -0.2) is 4.39 Å². The zero-order valence-electron chi connectivity index (χ0n) is 80.8. The fourth-order valence-corrected chi connectivity index (χ4v) is 21.6. The molecule has 8 fully saturated rings. The molecule has 10 heterocycles.